The Kier molecular flexibility index (Phi) is 3.46. The van der Waals surface area contributed by atoms with Gasteiger partial charge in [0.15, 0.2) is 0 Å². The predicted octanol–water partition coefficient (Wildman–Crippen LogP) is 1.42. The van der Waals surface area contributed by atoms with Crippen molar-refractivity contribution >= 4 is 17.7 Å². The third-order valence-electron chi connectivity index (χ3n) is 6.27. The molecule has 5 nitrogen and oxygen atoms in total. The number of carbonyl (C=O) groups is 3. The first kappa shape index (κ1) is 14.2. The number of fused-ring (bicyclic) bond motifs is 5. The summed E-state index contributed by atoms with van der Waals surface area (Å²) in [6.07, 6.45) is 7.60. The summed E-state index contributed by atoms with van der Waals surface area (Å²) in [6.45, 7) is 1.52. The van der Waals surface area contributed by atoms with Crippen LogP contribution in [0.15, 0.2) is 0 Å². The van der Waals surface area contributed by atoms with E-state index in [2.05, 4.69) is 0 Å². The first-order valence-corrected chi connectivity index (χ1v) is 8.80. The second-order valence-corrected chi connectivity index (χ2v) is 7.44. The summed E-state index contributed by atoms with van der Waals surface area (Å²) in [6, 6.07) is 0. The Hall–Kier alpha value is -1.39. The Morgan fingerprint density at radius 3 is 2.00 bits per heavy atom. The topological polar surface area (TPSA) is 57.7 Å². The highest BCUT2D eigenvalue weighted by Gasteiger charge is 2.61. The molecule has 2 saturated carbocycles. The number of nitrogens with zero attached hydrogens (tertiary/aromatic N) is 2. The zero-order valence-corrected chi connectivity index (χ0v) is 13.0. The number of carbonyl (C=O) groups excluding carboxylic acids is 3. The van der Waals surface area contributed by atoms with Crippen LogP contribution in [0.3, 0.4) is 0 Å². The van der Waals surface area contributed by atoms with Gasteiger partial charge in [0.25, 0.3) is 0 Å². The van der Waals surface area contributed by atoms with Gasteiger partial charge < -0.3 is 4.90 Å². The number of hydrogen-bond donors (Lipinski definition) is 0. The maximum absolute atomic E-state index is 12.6. The van der Waals surface area contributed by atoms with E-state index < -0.39 is 0 Å². The Balaban J connectivity index is 1.46. The molecule has 2 bridgehead atoms. The summed E-state index contributed by atoms with van der Waals surface area (Å²) in [4.78, 5) is 40.8. The molecule has 4 fully saturated rings. The Morgan fingerprint density at radius 1 is 0.909 bits per heavy atom. The van der Waals surface area contributed by atoms with Crippen LogP contribution in [-0.2, 0) is 14.4 Å². The molecule has 2 saturated heterocycles. The van der Waals surface area contributed by atoms with E-state index in [-0.39, 0.29) is 36.1 Å². The first-order valence-electron chi connectivity index (χ1n) is 8.80. The molecule has 4 atom stereocenters. The van der Waals surface area contributed by atoms with Crippen LogP contribution in [0.4, 0.5) is 0 Å². The van der Waals surface area contributed by atoms with E-state index >= 15 is 0 Å². The maximum Gasteiger partial charge on any atom is 0.242 e. The number of amides is 3. The standard InChI is InChI=1S/C17H24N2O3/c20-13(18-7-3-1-2-4-8-18)10-19-16(21)14-11-5-6-12(9-11)15(14)17(19)22/h11-12,14-15H,1-10H2/t11-,12-,14+,15+/m0/s1. The Bertz CT molecular complexity index is 482. The third-order valence-corrected chi connectivity index (χ3v) is 6.27. The molecule has 0 N–H and O–H groups in total. The molecule has 0 aromatic carbocycles. The second kappa shape index (κ2) is 5.36. The Morgan fingerprint density at radius 2 is 1.45 bits per heavy atom. The number of hydrogen-bond acceptors (Lipinski definition) is 3. The van der Waals surface area contributed by atoms with Gasteiger partial charge in [-0.1, -0.05) is 12.8 Å². The van der Waals surface area contributed by atoms with E-state index in [1.165, 1.54) is 17.7 Å². The predicted molar refractivity (Wildman–Crippen MR) is 79.6 cm³/mol. The van der Waals surface area contributed by atoms with Gasteiger partial charge in [-0.3, -0.25) is 19.3 Å². The molecule has 3 amide bonds. The van der Waals surface area contributed by atoms with Crippen molar-refractivity contribution < 1.29 is 14.4 Å². The van der Waals surface area contributed by atoms with Crippen LogP contribution >= 0.6 is 0 Å². The van der Waals surface area contributed by atoms with Crippen LogP contribution < -0.4 is 0 Å². The highest BCUT2D eigenvalue weighted by Crippen LogP contribution is 2.56. The van der Waals surface area contributed by atoms with E-state index in [1.807, 2.05) is 4.90 Å². The summed E-state index contributed by atoms with van der Waals surface area (Å²) >= 11 is 0. The average molecular weight is 304 g/mol. The number of rotatable bonds is 2. The minimum Gasteiger partial charge on any atom is -0.341 e. The van der Waals surface area contributed by atoms with Crippen LogP contribution in [0.5, 0.6) is 0 Å². The highest BCUT2D eigenvalue weighted by atomic mass is 16.2. The molecule has 4 aliphatic rings. The number of likely N-dealkylation sites (tertiary alicyclic amines) is 2. The van der Waals surface area contributed by atoms with E-state index in [9.17, 15) is 14.4 Å². The lowest BCUT2D eigenvalue weighted by atomic mass is 9.81. The lowest BCUT2D eigenvalue weighted by molar-refractivity contribution is -0.147. The third kappa shape index (κ3) is 2.09. The van der Waals surface area contributed by atoms with Gasteiger partial charge in [0.2, 0.25) is 17.7 Å². The minimum atomic E-state index is -0.108. The average Bonchev–Trinajstić information content (AvgIpc) is 3.09. The molecule has 2 aliphatic carbocycles. The lowest BCUT2D eigenvalue weighted by Crippen LogP contribution is -2.44. The molecular weight excluding hydrogens is 280 g/mol. The molecule has 2 heterocycles. The zero-order valence-electron chi connectivity index (χ0n) is 13.0. The van der Waals surface area contributed by atoms with Crippen molar-refractivity contribution in [3.05, 3.63) is 0 Å². The molecule has 0 aromatic heterocycles. The molecule has 22 heavy (non-hydrogen) atoms. The van der Waals surface area contributed by atoms with Crippen LogP contribution in [0.1, 0.15) is 44.9 Å². The van der Waals surface area contributed by atoms with Gasteiger partial charge in [0, 0.05) is 13.1 Å². The van der Waals surface area contributed by atoms with Crippen molar-refractivity contribution in [2.75, 3.05) is 19.6 Å². The summed E-state index contributed by atoms with van der Waals surface area (Å²) in [5.41, 5.74) is 0. The highest BCUT2D eigenvalue weighted by molar-refractivity contribution is 6.08. The lowest BCUT2D eigenvalue weighted by Gasteiger charge is -2.24. The molecule has 2 aliphatic heterocycles. The summed E-state index contributed by atoms with van der Waals surface area (Å²) in [5.74, 6) is 0.396. The molecule has 120 valence electrons. The van der Waals surface area contributed by atoms with Gasteiger partial charge in [0.1, 0.15) is 6.54 Å². The van der Waals surface area contributed by atoms with E-state index in [0.717, 1.165) is 45.2 Å². The van der Waals surface area contributed by atoms with Crippen LogP contribution in [0.25, 0.3) is 0 Å². The summed E-state index contributed by atoms with van der Waals surface area (Å²) in [5, 5.41) is 0. The van der Waals surface area contributed by atoms with Gasteiger partial charge in [-0.15, -0.1) is 0 Å². The normalized spacial score (nSPS) is 37.6. The molecule has 5 heteroatoms. The first-order chi connectivity index (χ1) is 10.7. The molecule has 4 rings (SSSR count). The van der Waals surface area contributed by atoms with Crippen molar-refractivity contribution in [3.63, 3.8) is 0 Å². The van der Waals surface area contributed by atoms with E-state index in [4.69, 9.17) is 0 Å². The molecule has 0 aromatic rings. The monoisotopic (exact) mass is 304 g/mol. The number of imide groups is 1. The molecule has 0 unspecified atom stereocenters. The fraction of sp³-hybridized carbons (Fsp3) is 0.824. The van der Waals surface area contributed by atoms with Gasteiger partial charge >= 0.3 is 0 Å². The largest absolute Gasteiger partial charge is 0.341 e. The zero-order chi connectivity index (χ0) is 15.3. The van der Waals surface area contributed by atoms with Crippen molar-refractivity contribution in [2.24, 2.45) is 23.7 Å². The minimum absolute atomic E-state index is 0.0237. The SMILES string of the molecule is O=C(CN1C(=O)[C@@H]2[C@H]3CC[C@@H](C3)[C@H]2C1=O)N1CCCCCC1. The van der Waals surface area contributed by atoms with Crippen molar-refractivity contribution in [3.8, 4) is 0 Å². The summed E-state index contributed by atoms with van der Waals surface area (Å²) < 4.78 is 0. The fourth-order valence-electron chi connectivity index (χ4n) is 5.18. The van der Waals surface area contributed by atoms with E-state index in [1.54, 1.807) is 0 Å². The van der Waals surface area contributed by atoms with Crippen LogP contribution in [0.2, 0.25) is 0 Å². The van der Waals surface area contributed by atoms with Crippen molar-refractivity contribution in [2.45, 2.75) is 44.9 Å². The van der Waals surface area contributed by atoms with Gasteiger partial charge in [0.05, 0.1) is 11.8 Å². The summed E-state index contributed by atoms with van der Waals surface area (Å²) in [7, 11) is 0. The molecule has 0 spiro atoms. The van der Waals surface area contributed by atoms with Crippen molar-refractivity contribution in [1.82, 2.24) is 9.80 Å². The van der Waals surface area contributed by atoms with Gasteiger partial charge in [-0.25, -0.2) is 0 Å². The van der Waals surface area contributed by atoms with Crippen LogP contribution in [0, 0.1) is 23.7 Å². The quantitative estimate of drug-likeness (QED) is 0.725. The molecule has 0 radical (unpaired) electrons. The Labute approximate surface area is 131 Å². The second-order valence-electron chi connectivity index (χ2n) is 7.44. The van der Waals surface area contributed by atoms with Crippen LogP contribution in [-0.4, -0.2) is 47.2 Å². The van der Waals surface area contributed by atoms with Gasteiger partial charge in [-0.2, -0.15) is 0 Å². The fourth-order valence-corrected chi connectivity index (χ4v) is 5.18. The van der Waals surface area contributed by atoms with Crippen molar-refractivity contribution in [1.29, 1.82) is 0 Å². The smallest absolute Gasteiger partial charge is 0.242 e. The molecular formula is C17H24N2O3. The maximum atomic E-state index is 12.6. The van der Waals surface area contributed by atoms with E-state index in [0.29, 0.717) is 11.8 Å². The van der Waals surface area contributed by atoms with Gasteiger partial charge in [-0.05, 0) is 43.9 Å².